The smallest absolute Gasteiger partial charge is 0.255 e. The van der Waals surface area contributed by atoms with E-state index in [2.05, 4.69) is 10.3 Å². The number of likely N-dealkylation sites (tertiary alicyclic amines) is 1. The summed E-state index contributed by atoms with van der Waals surface area (Å²) in [5, 5.41) is 3.22. The minimum absolute atomic E-state index is 0. The molecule has 25 heavy (non-hydrogen) atoms. The maximum absolute atomic E-state index is 12.8. The molecule has 1 atom stereocenters. The van der Waals surface area contributed by atoms with Crippen LogP contribution >= 0.6 is 24.8 Å². The minimum Gasteiger partial charge on any atom is -0.338 e. The van der Waals surface area contributed by atoms with Crippen molar-refractivity contribution in [2.75, 3.05) is 26.7 Å². The fourth-order valence-corrected chi connectivity index (χ4v) is 3.23. The number of piperidine rings is 1. The van der Waals surface area contributed by atoms with E-state index in [1.165, 1.54) is 6.42 Å². The Morgan fingerprint density at radius 3 is 2.68 bits per heavy atom. The highest BCUT2D eigenvalue weighted by atomic mass is 35.5. The monoisotopic (exact) mass is 381 g/mol. The Balaban J connectivity index is 0.00000156. The molecule has 1 fully saturated rings. The first kappa shape index (κ1) is 21.4. The number of benzene rings is 1. The van der Waals surface area contributed by atoms with E-state index in [1.807, 2.05) is 54.5 Å². The summed E-state index contributed by atoms with van der Waals surface area (Å²) in [6.07, 6.45) is 5.75. The van der Waals surface area contributed by atoms with Gasteiger partial charge in [0, 0.05) is 31.0 Å². The highest BCUT2D eigenvalue weighted by molar-refractivity contribution is 5.95. The van der Waals surface area contributed by atoms with Crippen LogP contribution in [-0.2, 0) is 0 Å². The summed E-state index contributed by atoms with van der Waals surface area (Å²) < 4.78 is 0. The Bertz CT molecular complexity index is 665. The molecular formula is C19H25Cl2N3O. The molecule has 1 saturated heterocycles. The number of hydrogen-bond donors (Lipinski definition) is 1. The summed E-state index contributed by atoms with van der Waals surface area (Å²) >= 11 is 0. The molecule has 2 aromatic rings. The summed E-state index contributed by atoms with van der Waals surface area (Å²) in [6, 6.07) is 12.0. The SMILES string of the molecule is CNCC1CCCN(C(=O)c2cncc(-c3ccccc3)c2)C1.Cl.Cl. The summed E-state index contributed by atoms with van der Waals surface area (Å²) in [7, 11) is 1.97. The van der Waals surface area contributed by atoms with Gasteiger partial charge in [-0.25, -0.2) is 0 Å². The third kappa shape index (κ3) is 5.43. The minimum atomic E-state index is 0. The zero-order valence-corrected chi connectivity index (χ0v) is 16.0. The molecule has 0 saturated carbocycles. The average Bonchev–Trinajstić information content (AvgIpc) is 2.62. The van der Waals surface area contributed by atoms with E-state index in [-0.39, 0.29) is 30.7 Å². The highest BCUT2D eigenvalue weighted by Crippen LogP contribution is 2.22. The van der Waals surface area contributed by atoms with Gasteiger partial charge < -0.3 is 10.2 Å². The normalized spacial score (nSPS) is 16.5. The Hall–Kier alpha value is -1.62. The number of halogens is 2. The zero-order chi connectivity index (χ0) is 16.1. The van der Waals surface area contributed by atoms with E-state index in [0.29, 0.717) is 11.5 Å². The quantitative estimate of drug-likeness (QED) is 0.878. The number of nitrogens with one attached hydrogen (secondary N) is 1. The van der Waals surface area contributed by atoms with Crippen LogP contribution in [0.1, 0.15) is 23.2 Å². The van der Waals surface area contributed by atoms with Crippen LogP contribution in [0.5, 0.6) is 0 Å². The number of amides is 1. The van der Waals surface area contributed by atoms with Crippen LogP contribution in [0.3, 0.4) is 0 Å². The van der Waals surface area contributed by atoms with Gasteiger partial charge in [0.25, 0.3) is 5.91 Å². The lowest BCUT2D eigenvalue weighted by atomic mass is 9.97. The van der Waals surface area contributed by atoms with Gasteiger partial charge in [-0.1, -0.05) is 30.3 Å². The van der Waals surface area contributed by atoms with E-state index in [9.17, 15) is 4.79 Å². The van der Waals surface area contributed by atoms with Gasteiger partial charge in [0.15, 0.2) is 0 Å². The zero-order valence-electron chi connectivity index (χ0n) is 14.4. The van der Waals surface area contributed by atoms with Crippen LogP contribution in [0, 0.1) is 5.92 Å². The molecule has 2 heterocycles. The van der Waals surface area contributed by atoms with E-state index in [4.69, 9.17) is 0 Å². The average molecular weight is 382 g/mol. The van der Waals surface area contributed by atoms with Gasteiger partial charge in [0.1, 0.15) is 0 Å². The van der Waals surface area contributed by atoms with Gasteiger partial charge in [0.2, 0.25) is 0 Å². The largest absolute Gasteiger partial charge is 0.338 e. The summed E-state index contributed by atoms with van der Waals surface area (Å²) in [6.45, 7) is 2.63. The summed E-state index contributed by atoms with van der Waals surface area (Å²) in [5.41, 5.74) is 2.75. The van der Waals surface area contributed by atoms with Gasteiger partial charge >= 0.3 is 0 Å². The van der Waals surface area contributed by atoms with Crippen molar-refractivity contribution in [1.29, 1.82) is 0 Å². The molecular weight excluding hydrogens is 357 g/mol. The first-order chi connectivity index (χ1) is 11.3. The van der Waals surface area contributed by atoms with Crippen molar-refractivity contribution in [2.24, 2.45) is 5.92 Å². The molecule has 1 aromatic heterocycles. The molecule has 1 amide bonds. The molecule has 1 N–H and O–H groups in total. The van der Waals surface area contributed by atoms with Gasteiger partial charge in [-0.15, -0.1) is 24.8 Å². The molecule has 6 heteroatoms. The van der Waals surface area contributed by atoms with Crippen molar-refractivity contribution in [1.82, 2.24) is 15.2 Å². The second kappa shape index (κ2) is 10.4. The Kier molecular flexibility index (Phi) is 8.90. The van der Waals surface area contributed by atoms with Gasteiger partial charge in [-0.05, 0) is 44.0 Å². The van der Waals surface area contributed by atoms with Crippen molar-refractivity contribution in [3.8, 4) is 11.1 Å². The third-order valence-corrected chi connectivity index (χ3v) is 4.39. The molecule has 1 aromatic carbocycles. The molecule has 1 unspecified atom stereocenters. The van der Waals surface area contributed by atoms with Crippen LogP contribution in [0.25, 0.3) is 11.1 Å². The fraction of sp³-hybridized carbons (Fsp3) is 0.368. The van der Waals surface area contributed by atoms with Gasteiger partial charge in [-0.2, -0.15) is 0 Å². The van der Waals surface area contributed by atoms with Crippen LogP contribution < -0.4 is 5.32 Å². The van der Waals surface area contributed by atoms with E-state index < -0.39 is 0 Å². The molecule has 0 aliphatic carbocycles. The topological polar surface area (TPSA) is 45.2 Å². The van der Waals surface area contributed by atoms with Crippen LogP contribution in [0.2, 0.25) is 0 Å². The summed E-state index contributed by atoms with van der Waals surface area (Å²) in [4.78, 5) is 19.0. The Morgan fingerprint density at radius 2 is 1.96 bits per heavy atom. The first-order valence-electron chi connectivity index (χ1n) is 8.22. The number of carbonyl (C=O) groups is 1. The molecule has 0 spiro atoms. The molecule has 0 radical (unpaired) electrons. The Morgan fingerprint density at radius 1 is 1.20 bits per heavy atom. The standard InChI is InChI=1S/C19H23N3O.2ClH/c1-20-11-15-6-5-9-22(14-15)19(23)18-10-17(12-21-13-18)16-7-3-2-4-8-16;;/h2-4,7-8,10,12-13,15,20H,5-6,9,11,14H2,1H3;2*1H. The predicted octanol–water partition coefficient (Wildman–Crippen LogP) is 3.66. The fourth-order valence-electron chi connectivity index (χ4n) is 3.23. The van der Waals surface area contributed by atoms with Crippen molar-refractivity contribution in [3.05, 3.63) is 54.4 Å². The number of carbonyl (C=O) groups excluding carboxylic acids is 1. The molecule has 3 rings (SSSR count). The van der Waals surface area contributed by atoms with E-state index in [0.717, 1.165) is 37.2 Å². The third-order valence-electron chi connectivity index (χ3n) is 4.39. The second-order valence-electron chi connectivity index (χ2n) is 6.15. The van der Waals surface area contributed by atoms with Crippen molar-refractivity contribution >= 4 is 30.7 Å². The lowest BCUT2D eigenvalue weighted by Gasteiger charge is -2.32. The number of hydrogen-bond acceptors (Lipinski definition) is 3. The maximum atomic E-state index is 12.8. The van der Waals surface area contributed by atoms with Crippen LogP contribution in [-0.4, -0.2) is 42.5 Å². The molecule has 1 aliphatic rings. The number of rotatable bonds is 4. The maximum Gasteiger partial charge on any atom is 0.255 e. The Labute approximate surface area is 161 Å². The lowest BCUT2D eigenvalue weighted by molar-refractivity contribution is 0.0674. The van der Waals surface area contributed by atoms with Crippen molar-refractivity contribution in [2.45, 2.75) is 12.8 Å². The lowest BCUT2D eigenvalue weighted by Crippen LogP contribution is -2.42. The molecule has 4 nitrogen and oxygen atoms in total. The predicted molar refractivity (Wildman–Crippen MR) is 107 cm³/mol. The van der Waals surface area contributed by atoms with Crippen molar-refractivity contribution in [3.63, 3.8) is 0 Å². The number of nitrogens with zero attached hydrogens (tertiary/aromatic N) is 2. The van der Waals surface area contributed by atoms with Gasteiger partial charge in [-0.3, -0.25) is 9.78 Å². The van der Waals surface area contributed by atoms with Crippen LogP contribution in [0.4, 0.5) is 0 Å². The molecule has 136 valence electrons. The number of pyridine rings is 1. The van der Waals surface area contributed by atoms with Crippen molar-refractivity contribution < 1.29 is 4.79 Å². The highest BCUT2D eigenvalue weighted by Gasteiger charge is 2.24. The molecule has 1 aliphatic heterocycles. The summed E-state index contributed by atoms with van der Waals surface area (Å²) in [5.74, 6) is 0.638. The van der Waals surface area contributed by atoms with E-state index >= 15 is 0 Å². The van der Waals surface area contributed by atoms with Crippen LogP contribution in [0.15, 0.2) is 48.8 Å². The van der Waals surface area contributed by atoms with E-state index in [1.54, 1.807) is 6.20 Å². The number of aromatic nitrogens is 1. The second-order valence-corrected chi connectivity index (χ2v) is 6.15. The first-order valence-corrected chi connectivity index (χ1v) is 8.22. The van der Waals surface area contributed by atoms with Gasteiger partial charge in [0.05, 0.1) is 5.56 Å². The molecule has 0 bridgehead atoms.